The van der Waals surface area contributed by atoms with Crippen molar-refractivity contribution in [2.24, 2.45) is 0 Å². The molecule has 0 N–H and O–H groups in total. The summed E-state index contributed by atoms with van der Waals surface area (Å²) in [6.45, 7) is 3.84. The lowest BCUT2D eigenvalue weighted by Crippen LogP contribution is -2.29. The summed E-state index contributed by atoms with van der Waals surface area (Å²) in [6.07, 6.45) is 0. The van der Waals surface area contributed by atoms with Crippen LogP contribution in [0.1, 0.15) is 52.6 Å². The second kappa shape index (κ2) is 6.47. The minimum Gasteiger partial charge on any atom is -0.277 e. The standard InChI is InChI=1S/C25H18N2O4/c1-13-8-14(2)10-17(9-13)27-24(30)19-7-5-16(12-21(19)25(27)31)15-4-6-18-20(11-15)23(29)26(3)22(18)28/h4-12H,1-3H3. The van der Waals surface area contributed by atoms with Crippen LogP contribution in [0.25, 0.3) is 11.1 Å². The third-order valence-electron chi connectivity index (χ3n) is 5.77. The number of nitrogens with zero attached hydrogens (tertiary/aromatic N) is 2. The van der Waals surface area contributed by atoms with Gasteiger partial charge in [0.05, 0.1) is 27.9 Å². The summed E-state index contributed by atoms with van der Waals surface area (Å²) in [7, 11) is 1.45. The van der Waals surface area contributed by atoms with Gasteiger partial charge in [-0.05, 0) is 72.5 Å². The van der Waals surface area contributed by atoms with Crippen molar-refractivity contribution in [3.63, 3.8) is 0 Å². The zero-order chi connectivity index (χ0) is 22.0. The third-order valence-corrected chi connectivity index (χ3v) is 5.77. The second-order valence-corrected chi connectivity index (χ2v) is 7.98. The Labute approximate surface area is 178 Å². The summed E-state index contributed by atoms with van der Waals surface area (Å²) in [5.74, 6) is -1.41. The molecule has 0 unspecified atom stereocenters. The molecule has 2 aliphatic rings. The van der Waals surface area contributed by atoms with Crippen molar-refractivity contribution in [3.8, 4) is 11.1 Å². The monoisotopic (exact) mass is 410 g/mol. The Hall–Kier alpha value is -4.06. The highest BCUT2D eigenvalue weighted by atomic mass is 16.2. The zero-order valence-corrected chi connectivity index (χ0v) is 17.2. The first-order valence-electron chi connectivity index (χ1n) is 9.84. The lowest BCUT2D eigenvalue weighted by molar-refractivity contribution is 0.0692. The topological polar surface area (TPSA) is 74.8 Å². The number of hydrogen-bond acceptors (Lipinski definition) is 4. The summed E-state index contributed by atoms with van der Waals surface area (Å²) < 4.78 is 0. The molecule has 2 heterocycles. The van der Waals surface area contributed by atoms with Gasteiger partial charge in [0.1, 0.15) is 0 Å². The molecule has 0 saturated heterocycles. The molecule has 0 aromatic heterocycles. The largest absolute Gasteiger partial charge is 0.277 e. The number of rotatable bonds is 2. The summed E-state index contributed by atoms with van der Waals surface area (Å²) in [4.78, 5) is 52.8. The molecule has 5 rings (SSSR count). The van der Waals surface area contributed by atoms with Gasteiger partial charge in [0, 0.05) is 7.05 Å². The molecule has 152 valence electrons. The van der Waals surface area contributed by atoms with Crippen LogP contribution in [0, 0.1) is 13.8 Å². The molecule has 0 radical (unpaired) electrons. The number of carbonyl (C=O) groups is 4. The highest BCUT2D eigenvalue weighted by Gasteiger charge is 2.37. The molecule has 0 aliphatic carbocycles. The van der Waals surface area contributed by atoms with Gasteiger partial charge in [-0.25, -0.2) is 4.90 Å². The molecule has 31 heavy (non-hydrogen) atoms. The molecule has 0 atom stereocenters. The van der Waals surface area contributed by atoms with Gasteiger partial charge >= 0.3 is 0 Å². The minimum atomic E-state index is -0.376. The molecule has 0 spiro atoms. The lowest BCUT2D eigenvalue weighted by Gasteiger charge is -2.15. The Morgan fingerprint density at radius 1 is 0.548 bits per heavy atom. The fraction of sp³-hybridized carbons (Fsp3) is 0.120. The molecule has 6 heteroatoms. The van der Waals surface area contributed by atoms with Crippen LogP contribution in [0.3, 0.4) is 0 Å². The predicted molar refractivity (Wildman–Crippen MR) is 115 cm³/mol. The van der Waals surface area contributed by atoms with E-state index in [1.165, 1.54) is 11.9 Å². The average molecular weight is 410 g/mol. The number of aryl methyl sites for hydroxylation is 2. The lowest BCUT2D eigenvalue weighted by atomic mass is 9.97. The van der Waals surface area contributed by atoms with E-state index in [9.17, 15) is 19.2 Å². The van der Waals surface area contributed by atoms with Crippen LogP contribution in [0.15, 0.2) is 54.6 Å². The minimum absolute atomic E-state index is 0.321. The number of hydrogen-bond donors (Lipinski definition) is 0. The van der Waals surface area contributed by atoms with Gasteiger partial charge in [-0.1, -0.05) is 18.2 Å². The van der Waals surface area contributed by atoms with Gasteiger partial charge in [0.15, 0.2) is 0 Å². The molecule has 6 nitrogen and oxygen atoms in total. The van der Waals surface area contributed by atoms with Crippen LogP contribution in [0.5, 0.6) is 0 Å². The van der Waals surface area contributed by atoms with Crippen molar-refractivity contribution in [2.45, 2.75) is 13.8 Å². The Kier molecular flexibility index (Phi) is 3.95. The highest BCUT2D eigenvalue weighted by Crippen LogP contribution is 2.34. The Morgan fingerprint density at radius 2 is 1.00 bits per heavy atom. The van der Waals surface area contributed by atoms with E-state index >= 15 is 0 Å². The van der Waals surface area contributed by atoms with Gasteiger partial charge in [-0.2, -0.15) is 0 Å². The van der Waals surface area contributed by atoms with Gasteiger partial charge < -0.3 is 0 Å². The fourth-order valence-corrected chi connectivity index (χ4v) is 4.28. The normalized spacial score (nSPS) is 15.1. The van der Waals surface area contributed by atoms with Gasteiger partial charge in [0.25, 0.3) is 23.6 Å². The Balaban J connectivity index is 1.56. The second-order valence-electron chi connectivity index (χ2n) is 7.98. The highest BCUT2D eigenvalue weighted by molar-refractivity contribution is 6.34. The van der Waals surface area contributed by atoms with Crippen LogP contribution < -0.4 is 4.90 Å². The van der Waals surface area contributed by atoms with Crippen LogP contribution in [0.4, 0.5) is 5.69 Å². The molecule has 4 amide bonds. The number of amides is 4. The molecule has 0 bridgehead atoms. The number of benzene rings is 3. The first kappa shape index (κ1) is 18.9. The number of imide groups is 2. The fourth-order valence-electron chi connectivity index (χ4n) is 4.28. The number of fused-ring (bicyclic) bond motifs is 2. The van der Waals surface area contributed by atoms with Gasteiger partial charge in [0.2, 0.25) is 0 Å². The number of carbonyl (C=O) groups excluding carboxylic acids is 4. The maximum atomic E-state index is 13.1. The van der Waals surface area contributed by atoms with E-state index in [4.69, 9.17) is 0 Å². The van der Waals surface area contributed by atoms with Crippen LogP contribution in [-0.4, -0.2) is 35.6 Å². The van der Waals surface area contributed by atoms with Gasteiger partial charge in [-0.15, -0.1) is 0 Å². The molecule has 3 aromatic rings. The maximum absolute atomic E-state index is 13.1. The summed E-state index contributed by atoms with van der Waals surface area (Å²) in [6, 6.07) is 15.7. The third kappa shape index (κ3) is 2.72. The molecular formula is C25H18N2O4. The van der Waals surface area contributed by atoms with E-state index in [0.29, 0.717) is 39.1 Å². The van der Waals surface area contributed by atoms with Crippen LogP contribution in [0.2, 0.25) is 0 Å². The quantitative estimate of drug-likeness (QED) is 0.599. The van der Waals surface area contributed by atoms with Crippen LogP contribution in [-0.2, 0) is 0 Å². The van der Waals surface area contributed by atoms with Crippen molar-refractivity contribution in [1.29, 1.82) is 0 Å². The van der Waals surface area contributed by atoms with E-state index in [-0.39, 0.29) is 23.6 Å². The van der Waals surface area contributed by atoms with Crippen molar-refractivity contribution >= 4 is 29.3 Å². The summed E-state index contributed by atoms with van der Waals surface area (Å²) in [5, 5.41) is 0. The van der Waals surface area contributed by atoms with E-state index in [1.807, 2.05) is 32.0 Å². The first-order valence-corrected chi connectivity index (χ1v) is 9.84. The van der Waals surface area contributed by atoms with Crippen molar-refractivity contribution < 1.29 is 19.2 Å². The Morgan fingerprint density at radius 3 is 1.58 bits per heavy atom. The van der Waals surface area contributed by atoms with Crippen molar-refractivity contribution in [2.75, 3.05) is 11.9 Å². The smallest absolute Gasteiger partial charge is 0.266 e. The van der Waals surface area contributed by atoms with Crippen LogP contribution >= 0.6 is 0 Å². The van der Waals surface area contributed by atoms with E-state index < -0.39 is 0 Å². The summed E-state index contributed by atoms with van der Waals surface area (Å²) in [5.41, 5.74) is 5.25. The SMILES string of the molecule is Cc1cc(C)cc(N2C(=O)c3ccc(-c4ccc5c(c4)C(=O)N(C)C5=O)cc3C2=O)c1. The zero-order valence-electron chi connectivity index (χ0n) is 17.2. The van der Waals surface area contributed by atoms with Gasteiger partial charge in [-0.3, -0.25) is 24.1 Å². The molecule has 0 saturated carbocycles. The summed E-state index contributed by atoms with van der Waals surface area (Å²) >= 11 is 0. The first-order chi connectivity index (χ1) is 14.8. The van der Waals surface area contributed by atoms with Crippen molar-refractivity contribution in [1.82, 2.24) is 4.90 Å². The average Bonchev–Trinajstić information content (AvgIpc) is 3.12. The van der Waals surface area contributed by atoms with E-state index in [0.717, 1.165) is 16.0 Å². The predicted octanol–water partition coefficient (Wildman–Crippen LogP) is 4.00. The van der Waals surface area contributed by atoms with Crippen molar-refractivity contribution in [3.05, 3.63) is 88.0 Å². The molecule has 3 aromatic carbocycles. The number of anilines is 1. The molecule has 2 aliphatic heterocycles. The van der Waals surface area contributed by atoms with E-state index in [1.54, 1.807) is 36.4 Å². The van der Waals surface area contributed by atoms with E-state index in [2.05, 4.69) is 0 Å². The maximum Gasteiger partial charge on any atom is 0.266 e. The Bertz CT molecular complexity index is 1340. The molecular weight excluding hydrogens is 392 g/mol. The molecule has 0 fully saturated rings.